The number of nitrogens with one attached hydrogen (secondary N) is 3. The zero-order valence-electron chi connectivity index (χ0n) is 17.5. The van der Waals surface area contributed by atoms with Crippen molar-refractivity contribution in [1.82, 2.24) is 16.0 Å². The number of carbonyl (C=O) groups excluding carboxylic acids is 1. The fourth-order valence-corrected chi connectivity index (χ4v) is 4.00. The van der Waals surface area contributed by atoms with Gasteiger partial charge in [-0.1, -0.05) is 48.5 Å². The number of aliphatic hydroxyl groups is 1. The highest BCUT2D eigenvalue weighted by Gasteiger charge is 2.11. The fraction of sp³-hybridized carbons (Fsp3) is 0.304. The van der Waals surface area contributed by atoms with E-state index in [1.807, 2.05) is 67.6 Å². The van der Waals surface area contributed by atoms with Crippen LogP contribution in [0.15, 0.2) is 65.7 Å². The van der Waals surface area contributed by atoms with Crippen LogP contribution < -0.4 is 16.0 Å². The molecule has 0 bridgehead atoms. The molecule has 1 amide bonds. The molecule has 0 saturated carbocycles. The first-order chi connectivity index (χ1) is 14.7. The Kier molecular flexibility index (Phi) is 10.8. The fourth-order valence-electron chi connectivity index (χ4n) is 2.96. The summed E-state index contributed by atoms with van der Waals surface area (Å²) in [6.45, 7) is 3.92. The van der Waals surface area contributed by atoms with Crippen molar-refractivity contribution in [3.05, 3.63) is 71.1 Å². The summed E-state index contributed by atoms with van der Waals surface area (Å²) < 4.78 is 1.15. The molecule has 0 aliphatic rings. The lowest BCUT2D eigenvalue weighted by molar-refractivity contribution is -0.121. The summed E-state index contributed by atoms with van der Waals surface area (Å²) in [5.74, 6) is 0.570. The van der Waals surface area contributed by atoms with E-state index < -0.39 is 6.10 Å². The van der Waals surface area contributed by atoms with Gasteiger partial charge in [-0.15, -0.1) is 35.3 Å². The maximum Gasteiger partial charge on any atom is 0.222 e. The van der Waals surface area contributed by atoms with Crippen molar-refractivity contribution in [2.75, 3.05) is 19.6 Å². The number of halogens is 1. The summed E-state index contributed by atoms with van der Waals surface area (Å²) in [4.78, 5) is 17.4. The highest BCUT2D eigenvalue weighted by Crippen LogP contribution is 2.29. The van der Waals surface area contributed by atoms with Crippen LogP contribution in [0.3, 0.4) is 0 Å². The first kappa shape index (κ1) is 25.1. The lowest BCUT2D eigenvalue weighted by Crippen LogP contribution is -2.39. The van der Waals surface area contributed by atoms with Crippen LogP contribution >= 0.6 is 35.3 Å². The van der Waals surface area contributed by atoms with Crippen LogP contribution in [0.4, 0.5) is 0 Å². The smallest absolute Gasteiger partial charge is 0.222 e. The van der Waals surface area contributed by atoms with Gasteiger partial charge in [-0.3, -0.25) is 9.79 Å². The van der Waals surface area contributed by atoms with Gasteiger partial charge in [0.25, 0.3) is 0 Å². The van der Waals surface area contributed by atoms with Crippen LogP contribution in [0.25, 0.3) is 10.1 Å². The number of rotatable bonds is 9. The molecule has 0 spiro atoms. The molecule has 166 valence electrons. The number of aliphatic imine (C=N–C) groups is 1. The van der Waals surface area contributed by atoms with Crippen molar-refractivity contribution >= 4 is 57.3 Å². The zero-order chi connectivity index (χ0) is 21.2. The van der Waals surface area contributed by atoms with Crippen molar-refractivity contribution in [1.29, 1.82) is 0 Å². The molecule has 0 fully saturated rings. The lowest BCUT2D eigenvalue weighted by atomic mass is 10.2. The van der Waals surface area contributed by atoms with Gasteiger partial charge in [0.15, 0.2) is 5.96 Å². The Hall–Kier alpha value is -2.17. The van der Waals surface area contributed by atoms with Crippen molar-refractivity contribution < 1.29 is 9.90 Å². The SMILES string of the molecule is CCNC(=NCC(O)c1cc2ccccc2s1)NCCC(=O)NCc1ccccc1.I. The Morgan fingerprint density at radius 3 is 2.55 bits per heavy atom. The summed E-state index contributed by atoms with van der Waals surface area (Å²) in [5, 5.41) is 20.9. The van der Waals surface area contributed by atoms with Crippen LogP contribution in [-0.4, -0.2) is 36.6 Å². The van der Waals surface area contributed by atoms with Crippen molar-refractivity contribution in [3.8, 4) is 0 Å². The van der Waals surface area contributed by atoms with E-state index in [4.69, 9.17) is 0 Å². The van der Waals surface area contributed by atoms with Gasteiger partial charge in [-0.2, -0.15) is 0 Å². The number of nitrogens with zero attached hydrogens (tertiary/aromatic N) is 1. The molecule has 1 aromatic heterocycles. The number of hydrogen-bond donors (Lipinski definition) is 4. The monoisotopic (exact) mass is 552 g/mol. The number of carbonyl (C=O) groups is 1. The molecule has 3 rings (SSSR count). The molecule has 3 aromatic rings. The molecule has 0 aliphatic carbocycles. The minimum Gasteiger partial charge on any atom is -0.386 e. The predicted octanol–water partition coefficient (Wildman–Crippen LogP) is 3.81. The van der Waals surface area contributed by atoms with Crippen LogP contribution in [-0.2, 0) is 11.3 Å². The molecule has 6 nitrogen and oxygen atoms in total. The molecule has 4 N–H and O–H groups in total. The third-order valence-electron chi connectivity index (χ3n) is 4.52. The van der Waals surface area contributed by atoms with E-state index in [-0.39, 0.29) is 36.4 Å². The number of thiophene rings is 1. The van der Waals surface area contributed by atoms with Gasteiger partial charge in [-0.05, 0) is 30.0 Å². The number of aliphatic hydroxyl groups excluding tert-OH is 1. The second-order valence-electron chi connectivity index (χ2n) is 6.86. The van der Waals surface area contributed by atoms with Crippen LogP contribution in [0.1, 0.15) is 29.9 Å². The van der Waals surface area contributed by atoms with Crippen LogP contribution in [0, 0.1) is 0 Å². The highest BCUT2D eigenvalue weighted by molar-refractivity contribution is 14.0. The first-order valence-electron chi connectivity index (χ1n) is 10.1. The van der Waals surface area contributed by atoms with Crippen molar-refractivity contribution in [2.45, 2.75) is 26.0 Å². The normalized spacial score (nSPS) is 12.1. The minimum absolute atomic E-state index is 0. The maximum absolute atomic E-state index is 12.0. The third-order valence-corrected chi connectivity index (χ3v) is 5.73. The van der Waals surface area contributed by atoms with E-state index in [2.05, 4.69) is 20.9 Å². The van der Waals surface area contributed by atoms with Gasteiger partial charge in [0.05, 0.1) is 6.54 Å². The standard InChI is InChI=1S/C23H28N4O2S.HI/c1-2-24-23(25-13-12-22(29)26-15-17-8-4-3-5-9-17)27-16-19(28)21-14-18-10-6-7-11-20(18)30-21;/h3-11,14,19,28H,2,12-13,15-16H2,1H3,(H,26,29)(H2,24,25,27);1H. The second kappa shape index (κ2) is 13.3. The van der Waals surface area contributed by atoms with Gasteiger partial charge >= 0.3 is 0 Å². The Bertz CT molecular complexity index is 945. The Balaban J connectivity index is 0.00000341. The Morgan fingerprint density at radius 2 is 1.81 bits per heavy atom. The molecular formula is C23H29IN4O2S. The molecule has 1 unspecified atom stereocenters. The van der Waals surface area contributed by atoms with Gasteiger partial charge in [-0.25, -0.2) is 0 Å². The summed E-state index contributed by atoms with van der Waals surface area (Å²) in [6.07, 6.45) is -0.317. The van der Waals surface area contributed by atoms with E-state index in [1.165, 1.54) is 0 Å². The number of amides is 1. The number of guanidine groups is 1. The van der Waals surface area contributed by atoms with Crippen molar-refractivity contribution in [2.24, 2.45) is 4.99 Å². The molecular weight excluding hydrogens is 523 g/mol. The van der Waals surface area contributed by atoms with Gasteiger partial charge in [0, 0.05) is 35.6 Å². The summed E-state index contributed by atoms with van der Waals surface area (Å²) >= 11 is 1.58. The van der Waals surface area contributed by atoms with Crippen molar-refractivity contribution in [3.63, 3.8) is 0 Å². The zero-order valence-corrected chi connectivity index (χ0v) is 20.7. The quantitative estimate of drug-likeness (QED) is 0.185. The minimum atomic E-state index is -0.660. The molecule has 8 heteroatoms. The molecule has 0 aliphatic heterocycles. The molecule has 31 heavy (non-hydrogen) atoms. The lowest BCUT2D eigenvalue weighted by Gasteiger charge is -2.12. The Morgan fingerprint density at radius 1 is 1.06 bits per heavy atom. The van der Waals surface area contributed by atoms with E-state index in [1.54, 1.807) is 11.3 Å². The van der Waals surface area contributed by atoms with E-state index >= 15 is 0 Å². The molecule has 2 aromatic carbocycles. The van der Waals surface area contributed by atoms with Crippen LogP contribution in [0.2, 0.25) is 0 Å². The average Bonchev–Trinajstić information content (AvgIpc) is 3.21. The molecule has 0 saturated heterocycles. The first-order valence-corrected chi connectivity index (χ1v) is 11.0. The molecule has 1 atom stereocenters. The van der Waals surface area contributed by atoms with E-state index in [0.29, 0.717) is 32.0 Å². The van der Waals surface area contributed by atoms with Gasteiger partial charge in [0.2, 0.25) is 5.91 Å². The van der Waals surface area contributed by atoms with Gasteiger partial charge < -0.3 is 21.1 Å². The number of benzene rings is 2. The second-order valence-corrected chi connectivity index (χ2v) is 7.98. The Labute approximate surface area is 204 Å². The largest absolute Gasteiger partial charge is 0.386 e. The number of hydrogen-bond acceptors (Lipinski definition) is 4. The number of fused-ring (bicyclic) bond motifs is 1. The molecule has 0 radical (unpaired) electrons. The third kappa shape index (κ3) is 8.12. The maximum atomic E-state index is 12.0. The predicted molar refractivity (Wildman–Crippen MR) is 139 cm³/mol. The van der Waals surface area contributed by atoms with E-state index in [0.717, 1.165) is 20.5 Å². The molecule has 1 heterocycles. The average molecular weight is 552 g/mol. The summed E-state index contributed by atoms with van der Waals surface area (Å²) in [5.41, 5.74) is 1.07. The summed E-state index contributed by atoms with van der Waals surface area (Å²) in [7, 11) is 0. The topological polar surface area (TPSA) is 85.8 Å². The van der Waals surface area contributed by atoms with Gasteiger partial charge in [0.1, 0.15) is 6.10 Å². The van der Waals surface area contributed by atoms with Crippen LogP contribution in [0.5, 0.6) is 0 Å². The van der Waals surface area contributed by atoms with E-state index in [9.17, 15) is 9.90 Å². The summed E-state index contributed by atoms with van der Waals surface area (Å²) in [6, 6.07) is 19.9. The highest BCUT2D eigenvalue weighted by atomic mass is 127.